The first-order valence-electron chi connectivity index (χ1n) is 10.00. The molecule has 158 valence electrons. The Morgan fingerprint density at radius 1 is 1.28 bits per heavy atom. The van der Waals surface area contributed by atoms with Gasteiger partial charge in [0, 0.05) is 5.56 Å². The van der Waals surface area contributed by atoms with Crippen molar-refractivity contribution in [2.75, 3.05) is 13.7 Å². The summed E-state index contributed by atoms with van der Waals surface area (Å²) in [5, 5.41) is 17.5. The van der Waals surface area contributed by atoms with Gasteiger partial charge in [-0.25, -0.2) is 4.99 Å². The third-order valence-electron chi connectivity index (χ3n) is 5.85. The van der Waals surface area contributed by atoms with E-state index in [0.29, 0.717) is 37.3 Å². The average molecular weight is 402 g/mol. The maximum absolute atomic E-state index is 11.6. The second-order valence-corrected chi connectivity index (χ2v) is 7.83. The predicted molar refractivity (Wildman–Crippen MR) is 112 cm³/mol. The first kappa shape index (κ1) is 21.1. The minimum absolute atomic E-state index is 0.0744. The summed E-state index contributed by atoms with van der Waals surface area (Å²) in [6.45, 7) is 1.06. The number of nitro groups is 1. The summed E-state index contributed by atoms with van der Waals surface area (Å²) in [7, 11) is 1.61. The van der Waals surface area contributed by atoms with Crippen LogP contribution < -0.4 is 26.8 Å². The van der Waals surface area contributed by atoms with E-state index in [-0.39, 0.29) is 5.70 Å². The number of rotatable bonds is 7. The van der Waals surface area contributed by atoms with Crippen LogP contribution in [0.2, 0.25) is 0 Å². The number of ether oxygens (including phenoxy) is 1. The quantitative estimate of drug-likeness (QED) is 0.401. The highest BCUT2D eigenvalue weighted by Gasteiger charge is 2.44. The van der Waals surface area contributed by atoms with Crippen LogP contribution in [0, 0.1) is 22.0 Å². The Bertz CT molecular complexity index is 788. The Hall–Kier alpha value is -2.65. The van der Waals surface area contributed by atoms with E-state index in [1.165, 1.54) is 6.20 Å². The van der Waals surface area contributed by atoms with Crippen LogP contribution in [0.4, 0.5) is 0 Å². The number of para-hydroxylation sites is 1. The molecule has 2 aliphatic rings. The van der Waals surface area contributed by atoms with Gasteiger partial charge in [-0.1, -0.05) is 18.2 Å². The number of benzene rings is 1. The molecule has 0 bridgehead atoms. The van der Waals surface area contributed by atoms with Gasteiger partial charge in [-0.2, -0.15) is 0 Å². The molecule has 9 nitrogen and oxygen atoms in total. The van der Waals surface area contributed by atoms with Gasteiger partial charge in [0.05, 0.1) is 24.8 Å². The van der Waals surface area contributed by atoms with Crippen LogP contribution in [0.3, 0.4) is 0 Å². The van der Waals surface area contributed by atoms with Gasteiger partial charge in [0.15, 0.2) is 11.6 Å². The highest BCUT2D eigenvalue weighted by atomic mass is 16.6. The molecule has 1 aromatic carbocycles. The first-order chi connectivity index (χ1) is 13.9. The number of hydrogen-bond donors (Lipinski definition) is 4. The van der Waals surface area contributed by atoms with Crippen LogP contribution in [-0.2, 0) is 6.54 Å². The zero-order valence-corrected chi connectivity index (χ0v) is 16.8. The summed E-state index contributed by atoms with van der Waals surface area (Å²) in [6.07, 6.45) is 5.88. The van der Waals surface area contributed by atoms with Crippen molar-refractivity contribution in [3.8, 4) is 5.75 Å². The third-order valence-corrected chi connectivity index (χ3v) is 5.85. The maximum atomic E-state index is 11.6. The summed E-state index contributed by atoms with van der Waals surface area (Å²) in [5.41, 5.74) is 11.9. The van der Waals surface area contributed by atoms with Crippen molar-refractivity contribution >= 4 is 5.96 Å². The largest absolute Gasteiger partial charge is 0.496 e. The fourth-order valence-electron chi connectivity index (χ4n) is 4.16. The molecule has 1 aromatic rings. The van der Waals surface area contributed by atoms with Gasteiger partial charge in [0.2, 0.25) is 0 Å². The van der Waals surface area contributed by atoms with Gasteiger partial charge in [0.25, 0.3) is 0 Å². The van der Waals surface area contributed by atoms with E-state index < -0.39 is 10.6 Å². The highest BCUT2D eigenvalue weighted by Crippen LogP contribution is 2.34. The minimum Gasteiger partial charge on any atom is -0.496 e. The smallest absolute Gasteiger partial charge is 0.301 e. The molecule has 0 aromatic heterocycles. The van der Waals surface area contributed by atoms with Crippen molar-refractivity contribution in [2.24, 2.45) is 28.3 Å². The fourth-order valence-corrected chi connectivity index (χ4v) is 4.16. The second kappa shape index (κ2) is 9.23. The summed E-state index contributed by atoms with van der Waals surface area (Å²) in [4.78, 5) is 15.7. The monoisotopic (exact) mass is 402 g/mol. The van der Waals surface area contributed by atoms with Gasteiger partial charge < -0.3 is 21.1 Å². The van der Waals surface area contributed by atoms with E-state index in [2.05, 4.69) is 15.6 Å². The van der Waals surface area contributed by atoms with E-state index >= 15 is 0 Å². The molecular weight excluding hydrogens is 372 g/mol. The second-order valence-electron chi connectivity index (χ2n) is 7.83. The van der Waals surface area contributed by atoms with E-state index in [4.69, 9.17) is 16.2 Å². The van der Waals surface area contributed by atoms with Gasteiger partial charge in [-0.3, -0.25) is 15.8 Å². The highest BCUT2D eigenvalue weighted by molar-refractivity contribution is 5.83. The molecule has 0 amide bonds. The number of guanidine groups is 1. The topological polar surface area (TPSA) is 141 Å². The number of hydrogen-bond acceptors (Lipinski definition) is 6. The molecule has 0 saturated heterocycles. The van der Waals surface area contributed by atoms with Crippen LogP contribution in [0.15, 0.2) is 41.2 Å². The van der Waals surface area contributed by atoms with Crippen LogP contribution in [-0.4, -0.2) is 30.2 Å². The number of aliphatic imine (C=N–C) groups is 1. The number of methoxy groups -OCH3 is 1. The van der Waals surface area contributed by atoms with E-state index in [9.17, 15) is 10.1 Å². The Morgan fingerprint density at radius 2 is 1.97 bits per heavy atom. The molecule has 1 unspecified atom stereocenters. The zero-order chi connectivity index (χ0) is 20.9. The molecule has 1 aliphatic carbocycles. The lowest BCUT2D eigenvalue weighted by atomic mass is 9.77. The summed E-state index contributed by atoms with van der Waals surface area (Å²) >= 11 is 0. The SMILES string of the molecule is COc1ccccc1CN=C1NC=C([N+](=O)[O-])C(N)(CC2CCC(CN)CC2)N1. The fraction of sp³-hybridized carbons (Fsp3) is 0.550. The minimum atomic E-state index is -1.27. The van der Waals surface area contributed by atoms with E-state index in [0.717, 1.165) is 37.0 Å². The van der Waals surface area contributed by atoms with Crippen LogP contribution in [0.1, 0.15) is 37.7 Å². The van der Waals surface area contributed by atoms with E-state index in [1.54, 1.807) is 7.11 Å². The zero-order valence-electron chi connectivity index (χ0n) is 16.8. The molecule has 0 radical (unpaired) electrons. The van der Waals surface area contributed by atoms with Crippen molar-refractivity contribution in [2.45, 2.75) is 44.3 Å². The number of nitrogens with one attached hydrogen (secondary N) is 2. The summed E-state index contributed by atoms with van der Waals surface area (Å²) in [6, 6.07) is 7.60. The summed E-state index contributed by atoms with van der Waals surface area (Å²) < 4.78 is 5.35. The van der Waals surface area contributed by atoms with Crippen molar-refractivity contribution in [3.05, 3.63) is 51.8 Å². The lowest BCUT2D eigenvalue weighted by molar-refractivity contribution is -0.437. The Labute approximate surface area is 170 Å². The predicted octanol–water partition coefficient (Wildman–Crippen LogP) is 1.67. The van der Waals surface area contributed by atoms with Crippen LogP contribution >= 0.6 is 0 Å². The van der Waals surface area contributed by atoms with Crippen LogP contribution in [0.25, 0.3) is 0 Å². The van der Waals surface area contributed by atoms with E-state index in [1.807, 2.05) is 24.3 Å². The lowest BCUT2D eigenvalue weighted by Gasteiger charge is -2.37. The van der Waals surface area contributed by atoms with Gasteiger partial charge in [-0.15, -0.1) is 0 Å². The number of nitrogens with zero attached hydrogens (tertiary/aromatic N) is 2. The average Bonchev–Trinajstić information content (AvgIpc) is 2.72. The molecule has 1 saturated carbocycles. The molecule has 1 atom stereocenters. The third kappa shape index (κ3) is 5.04. The Balaban J connectivity index is 1.74. The molecule has 1 fully saturated rings. The van der Waals surface area contributed by atoms with Gasteiger partial charge in [-0.05, 0) is 56.6 Å². The van der Waals surface area contributed by atoms with Gasteiger partial charge in [0.1, 0.15) is 5.75 Å². The van der Waals surface area contributed by atoms with Gasteiger partial charge >= 0.3 is 5.70 Å². The maximum Gasteiger partial charge on any atom is 0.301 e. The Morgan fingerprint density at radius 3 is 2.62 bits per heavy atom. The molecule has 29 heavy (non-hydrogen) atoms. The van der Waals surface area contributed by atoms with Crippen molar-refractivity contribution in [1.82, 2.24) is 10.6 Å². The van der Waals surface area contributed by atoms with Crippen LogP contribution in [0.5, 0.6) is 5.75 Å². The molecule has 0 spiro atoms. The first-order valence-corrected chi connectivity index (χ1v) is 10.00. The summed E-state index contributed by atoms with van der Waals surface area (Å²) in [5.74, 6) is 2.01. The van der Waals surface area contributed by atoms with Crippen molar-refractivity contribution in [1.29, 1.82) is 0 Å². The number of nitrogens with two attached hydrogens (primary N) is 2. The normalized spacial score (nSPS) is 28.2. The van der Waals surface area contributed by atoms with Crippen molar-refractivity contribution < 1.29 is 9.66 Å². The Kier molecular flexibility index (Phi) is 6.71. The standard InChI is InChI=1S/C20H30N6O3/c1-29-17-5-3-2-4-16(17)12-23-19-24-13-18(26(27)28)20(22,25-19)10-14-6-8-15(11-21)9-7-14/h2-5,13-15H,6-12,21-22H2,1H3,(H2,23,24,25). The van der Waals surface area contributed by atoms with Crippen molar-refractivity contribution in [3.63, 3.8) is 0 Å². The molecule has 1 aliphatic heterocycles. The molecule has 6 N–H and O–H groups in total. The molecule has 1 heterocycles. The lowest BCUT2D eigenvalue weighted by Crippen LogP contribution is -2.64. The molecular formula is C20H30N6O3. The molecule has 9 heteroatoms. The molecule has 3 rings (SSSR count).